The van der Waals surface area contributed by atoms with E-state index in [0.717, 1.165) is 31.5 Å². The Morgan fingerprint density at radius 2 is 2.04 bits per heavy atom. The fourth-order valence-corrected chi connectivity index (χ4v) is 3.33. The summed E-state index contributed by atoms with van der Waals surface area (Å²) < 4.78 is 1.69. The number of hydrogen-bond donors (Lipinski definition) is 1. The van der Waals surface area contributed by atoms with Gasteiger partial charge >= 0.3 is 0 Å². The first-order valence-electron chi connectivity index (χ1n) is 8.14. The van der Waals surface area contributed by atoms with Crippen molar-refractivity contribution in [1.82, 2.24) is 19.9 Å². The fourth-order valence-electron chi connectivity index (χ4n) is 3.33. The summed E-state index contributed by atoms with van der Waals surface area (Å²) in [7, 11) is 0. The van der Waals surface area contributed by atoms with Crippen molar-refractivity contribution < 1.29 is 9.90 Å². The first-order valence-corrected chi connectivity index (χ1v) is 8.14. The van der Waals surface area contributed by atoms with Crippen molar-refractivity contribution >= 4 is 5.91 Å². The quantitative estimate of drug-likeness (QED) is 0.922. The van der Waals surface area contributed by atoms with E-state index < -0.39 is 0 Å². The Balaban J connectivity index is 1.50. The third kappa shape index (κ3) is 2.74. The number of rotatable bonds is 4. The standard InChI is InChI=1S/C17H20N4O2/c22-11-15-17(13-5-6-13)21(19-18-15)10-16(23)20-8-7-12-3-1-2-4-14(12)9-20/h1-4,13,22H,5-11H2. The molecular weight excluding hydrogens is 292 g/mol. The fraction of sp³-hybridized carbons (Fsp3) is 0.471. The average molecular weight is 312 g/mol. The number of carbonyl (C=O) groups excluding carboxylic acids is 1. The third-order valence-electron chi connectivity index (χ3n) is 4.73. The second-order valence-electron chi connectivity index (χ2n) is 6.35. The van der Waals surface area contributed by atoms with E-state index in [2.05, 4.69) is 22.4 Å². The monoisotopic (exact) mass is 312 g/mol. The van der Waals surface area contributed by atoms with Gasteiger partial charge in [0.15, 0.2) is 0 Å². The highest BCUT2D eigenvalue weighted by Gasteiger charge is 2.32. The molecule has 1 fully saturated rings. The first-order chi connectivity index (χ1) is 11.3. The Morgan fingerprint density at radius 1 is 1.26 bits per heavy atom. The number of fused-ring (bicyclic) bond motifs is 1. The van der Waals surface area contributed by atoms with E-state index in [9.17, 15) is 9.90 Å². The van der Waals surface area contributed by atoms with E-state index >= 15 is 0 Å². The Hall–Kier alpha value is -2.21. The van der Waals surface area contributed by atoms with Gasteiger partial charge in [0.2, 0.25) is 5.91 Å². The van der Waals surface area contributed by atoms with Crippen LogP contribution in [0.4, 0.5) is 0 Å². The lowest BCUT2D eigenvalue weighted by molar-refractivity contribution is -0.133. The molecule has 1 aliphatic heterocycles. The van der Waals surface area contributed by atoms with Crippen LogP contribution >= 0.6 is 0 Å². The highest BCUT2D eigenvalue weighted by Crippen LogP contribution is 2.41. The van der Waals surface area contributed by atoms with Gasteiger partial charge in [-0.1, -0.05) is 29.5 Å². The molecule has 0 atom stereocenters. The molecule has 2 aliphatic rings. The van der Waals surface area contributed by atoms with Crippen LogP contribution in [-0.2, 0) is 30.9 Å². The van der Waals surface area contributed by atoms with Crippen LogP contribution in [0.3, 0.4) is 0 Å². The zero-order chi connectivity index (χ0) is 15.8. The Kier molecular flexibility index (Phi) is 3.61. The maximum atomic E-state index is 12.6. The number of hydrogen-bond acceptors (Lipinski definition) is 4. The van der Waals surface area contributed by atoms with Crippen molar-refractivity contribution in [3.05, 3.63) is 46.8 Å². The molecule has 2 heterocycles. The van der Waals surface area contributed by atoms with Crippen LogP contribution in [0.5, 0.6) is 0 Å². The summed E-state index contributed by atoms with van der Waals surface area (Å²) in [5.41, 5.74) is 4.12. The summed E-state index contributed by atoms with van der Waals surface area (Å²) in [6.07, 6.45) is 3.08. The highest BCUT2D eigenvalue weighted by atomic mass is 16.3. The molecule has 1 aliphatic carbocycles. The predicted molar refractivity (Wildman–Crippen MR) is 83.5 cm³/mol. The molecule has 6 heteroatoms. The molecule has 4 rings (SSSR count). The predicted octanol–water partition coefficient (Wildman–Crippen LogP) is 1.23. The minimum absolute atomic E-state index is 0.0655. The molecule has 1 aromatic heterocycles. The molecule has 1 saturated carbocycles. The summed E-state index contributed by atoms with van der Waals surface area (Å²) in [4.78, 5) is 14.5. The number of aliphatic hydroxyl groups excluding tert-OH is 1. The van der Waals surface area contributed by atoms with Crippen LogP contribution in [0.25, 0.3) is 0 Å². The van der Waals surface area contributed by atoms with Crippen molar-refractivity contribution in [1.29, 1.82) is 0 Å². The minimum atomic E-state index is -0.114. The van der Waals surface area contributed by atoms with Crippen LogP contribution in [0.15, 0.2) is 24.3 Å². The van der Waals surface area contributed by atoms with Crippen LogP contribution in [0.2, 0.25) is 0 Å². The van der Waals surface area contributed by atoms with Gasteiger partial charge in [0.1, 0.15) is 12.2 Å². The third-order valence-corrected chi connectivity index (χ3v) is 4.73. The van der Waals surface area contributed by atoms with E-state index in [4.69, 9.17) is 0 Å². The SMILES string of the molecule is O=C(Cn1nnc(CO)c1C1CC1)N1CCc2ccccc2C1. The molecule has 1 N–H and O–H groups in total. The largest absolute Gasteiger partial charge is 0.390 e. The molecule has 0 saturated heterocycles. The first kappa shape index (κ1) is 14.4. The lowest BCUT2D eigenvalue weighted by Crippen LogP contribution is -2.38. The van der Waals surface area contributed by atoms with Gasteiger partial charge < -0.3 is 10.0 Å². The molecule has 2 aromatic rings. The minimum Gasteiger partial charge on any atom is -0.390 e. The summed E-state index contributed by atoms with van der Waals surface area (Å²) in [6, 6.07) is 8.28. The molecule has 1 aromatic carbocycles. The number of amides is 1. The van der Waals surface area contributed by atoms with Gasteiger partial charge in [-0.05, 0) is 30.4 Å². The second kappa shape index (κ2) is 5.77. The van der Waals surface area contributed by atoms with Gasteiger partial charge in [-0.25, -0.2) is 4.68 Å². The maximum absolute atomic E-state index is 12.6. The molecule has 1 amide bonds. The van der Waals surface area contributed by atoms with Gasteiger partial charge in [0.25, 0.3) is 0 Å². The van der Waals surface area contributed by atoms with Crippen LogP contribution in [-0.4, -0.2) is 37.5 Å². The summed E-state index contributed by atoms with van der Waals surface area (Å²) in [5, 5.41) is 17.5. The molecule has 0 radical (unpaired) electrons. The van der Waals surface area contributed by atoms with Gasteiger partial charge in [0.05, 0.1) is 12.3 Å². The van der Waals surface area contributed by atoms with E-state index in [1.807, 2.05) is 17.0 Å². The van der Waals surface area contributed by atoms with E-state index in [0.29, 0.717) is 18.2 Å². The molecule has 6 nitrogen and oxygen atoms in total. The number of benzene rings is 1. The summed E-state index contributed by atoms with van der Waals surface area (Å²) >= 11 is 0. The number of aliphatic hydroxyl groups is 1. The topological polar surface area (TPSA) is 71.2 Å². The van der Waals surface area contributed by atoms with Crippen molar-refractivity contribution in [3.8, 4) is 0 Å². The Bertz CT molecular complexity index is 736. The van der Waals surface area contributed by atoms with Gasteiger partial charge in [-0.15, -0.1) is 5.10 Å². The van der Waals surface area contributed by atoms with E-state index in [1.165, 1.54) is 11.1 Å². The molecule has 23 heavy (non-hydrogen) atoms. The lowest BCUT2D eigenvalue weighted by atomic mass is 10.00. The van der Waals surface area contributed by atoms with Crippen molar-refractivity contribution in [2.24, 2.45) is 0 Å². The molecule has 0 unspecified atom stereocenters. The summed E-state index contributed by atoms with van der Waals surface area (Å²) in [5.74, 6) is 0.470. The summed E-state index contributed by atoms with van der Waals surface area (Å²) in [6.45, 7) is 1.50. The number of aromatic nitrogens is 3. The van der Waals surface area contributed by atoms with Gasteiger partial charge in [-0.2, -0.15) is 0 Å². The molecule has 0 bridgehead atoms. The van der Waals surface area contributed by atoms with Crippen LogP contribution < -0.4 is 0 Å². The average Bonchev–Trinajstić information content (AvgIpc) is 3.35. The molecule has 120 valence electrons. The smallest absolute Gasteiger partial charge is 0.244 e. The Morgan fingerprint density at radius 3 is 2.78 bits per heavy atom. The van der Waals surface area contributed by atoms with Crippen LogP contribution in [0.1, 0.15) is 41.3 Å². The highest BCUT2D eigenvalue weighted by molar-refractivity contribution is 5.76. The van der Waals surface area contributed by atoms with Crippen molar-refractivity contribution in [2.45, 2.75) is 44.9 Å². The zero-order valence-corrected chi connectivity index (χ0v) is 13.0. The van der Waals surface area contributed by atoms with Gasteiger partial charge in [-0.3, -0.25) is 4.79 Å². The maximum Gasteiger partial charge on any atom is 0.244 e. The van der Waals surface area contributed by atoms with Crippen molar-refractivity contribution in [2.75, 3.05) is 6.54 Å². The number of carbonyl (C=O) groups is 1. The van der Waals surface area contributed by atoms with Crippen LogP contribution in [0, 0.1) is 0 Å². The van der Waals surface area contributed by atoms with E-state index in [1.54, 1.807) is 4.68 Å². The normalized spacial score (nSPS) is 17.2. The van der Waals surface area contributed by atoms with Gasteiger partial charge in [0, 0.05) is 19.0 Å². The number of nitrogens with zero attached hydrogens (tertiary/aromatic N) is 4. The molecular formula is C17H20N4O2. The van der Waals surface area contributed by atoms with Crippen molar-refractivity contribution in [3.63, 3.8) is 0 Å². The zero-order valence-electron chi connectivity index (χ0n) is 13.0. The lowest BCUT2D eigenvalue weighted by Gasteiger charge is -2.29. The second-order valence-corrected chi connectivity index (χ2v) is 6.35. The Labute approximate surface area is 134 Å². The molecule has 0 spiro atoms. The van der Waals surface area contributed by atoms with E-state index in [-0.39, 0.29) is 19.1 Å².